The zero-order chi connectivity index (χ0) is 36.5. The van der Waals surface area contributed by atoms with Gasteiger partial charge in [0.15, 0.2) is 0 Å². The number of likely N-dealkylation sites (tertiary alicyclic amines) is 1. The molecule has 0 spiro atoms. The lowest BCUT2D eigenvalue weighted by atomic mass is 10.0. The molecule has 3 aromatic carbocycles. The molecule has 4 aromatic rings. The standard InChI is InChI=1S/C41H45N5O6S/c1-26-6-15-36(38(47)42-26)46-40(48)33-13-11-31(22-34(33)41(46)49)51-21-5-3-4-18-44-19-16-29(17-20-44)52-32-24-45(25-32)28-9-7-27(8-10-28)39-43-35-14-12-30(50-2)23-37(35)53-39/h7-14,22-23,29,32,36H,1,3-6,15-21,24-25H2,2H3,(H,42,47). The van der Waals surface area contributed by atoms with E-state index < -0.39 is 17.9 Å². The van der Waals surface area contributed by atoms with Crippen LogP contribution in [0.25, 0.3) is 20.8 Å². The number of aromatic nitrogens is 1. The average molecular weight is 736 g/mol. The Balaban J connectivity index is 0.703. The maximum absolute atomic E-state index is 13.1. The molecule has 1 N–H and O–H groups in total. The Bertz CT molecular complexity index is 2020. The highest BCUT2D eigenvalue weighted by atomic mass is 32.1. The molecule has 8 rings (SSSR count). The van der Waals surface area contributed by atoms with E-state index in [1.54, 1.807) is 36.6 Å². The van der Waals surface area contributed by atoms with E-state index >= 15 is 0 Å². The van der Waals surface area contributed by atoms with Crippen LogP contribution in [0.3, 0.4) is 0 Å². The molecule has 0 aliphatic carbocycles. The van der Waals surface area contributed by atoms with E-state index in [2.05, 4.69) is 46.0 Å². The molecule has 3 fully saturated rings. The lowest BCUT2D eigenvalue weighted by molar-refractivity contribution is -0.125. The number of hydrogen-bond acceptors (Lipinski definition) is 10. The second-order valence-corrected chi connectivity index (χ2v) is 15.4. The third-order valence-corrected chi connectivity index (χ3v) is 11.8. The van der Waals surface area contributed by atoms with Crippen LogP contribution in [-0.4, -0.2) is 97.2 Å². The summed E-state index contributed by atoms with van der Waals surface area (Å²) in [6.45, 7) is 9.36. The van der Waals surface area contributed by atoms with Crippen molar-refractivity contribution in [2.45, 2.75) is 63.2 Å². The van der Waals surface area contributed by atoms with Crippen molar-refractivity contribution in [3.05, 3.63) is 84.1 Å². The number of ether oxygens (including phenoxy) is 3. The number of anilines is 1. The van der Waals surface area contributed by atoms with Crippen molar-refractivity contribution < 1.29 is 28.6 Å². The maximum Gasteiger partial charge on any atom is 0.262 e. The van der Waals surface area contributed by atoms with Crippen LogP contribution >= 0.6 is 11.3 Å². The molecular formula is C41H45N5O6S. The van der Waals surface area contributed by atoms with Gasteiger partial charge in [0.1, 0.15) is 22.5 Å². The van der Waals surface area contributed by atoms with Gasteiger partial charge in [0.25, 0.3) is 11.8 Å². The number of fused-ring (bicyclic) bond motifs is 2. The number of carbonyl (C=O) groups excluding carboxylic acids is 3. The topological polar surface area (TPSA) is 114 Å². The van der Waals surface area contributed by atoms with Gasteiger partial charge in [-0.2, -0.15) is 0 Å². The number of hydrogen-bond donors (Lipinski definition) is 1. The molecule has 0 bridgehead atoms. The van der Waals surface area contributed by atoms with Crippen LogP contribution in [0, 0.1) is 0 Å². The highest BCUT2D eigenvalue weighted by Crippen LogP contribution is 2.35. The van der Waals surface area contributed by atoms with Gasteiger partial charge >= 0.3 is 0 Å². The number of unbranched alkanes of at least 4 members (excludes halogenated alkanes) is 2. The third kappa shape index (κ3) is 7.53. The van der Waals surface area contributed by atoms with Crippen molar-refractivity contribution in [1.82, 2.24) is 20.1 Å². The van der Waals surface area contributed by atoms with E-state index in [0.29, 0.717) is 48.1 Å². The largest absolute Gasteiger partial charge is 0.497 e. The Labute approximate surface area is 313 Å². The Morgan fingerprint density at radius 2 is 1.64 bits per heavy atom. The third-order valence-electron chi connectivity index (χ3n) is 10.8. The number of rotatable bonds is 13. The van der Waals surface area contributed by atoms with Crippen molar-refractivity contribution in [3.63, 3.8) is 0 Å². The summed E-state index contributed by atoms with van der Waals surface area (Å²) in [5.41, 5.74) is 4.56. The van der Waals surface area contributed by atoms with E-state index in [9.17, 15) is 14.4 Å². The molecule has 11 nitrogen and oxygen atoms in total. The summed E-state index contributed by atoms with van der Waals surface area (Å²) < 4.78 is 18.9. The monoisotopic (exact) mass is 735 g/mol. The average Bonchev–Trinajstić information content (AvgIpc) is 3.69. The Kier molecular flexibility index (Phi) is 10.2. The van der Waals surface area contributed by atoms with E-state index in [1.165, 1.54) is 5.69 Å². The van der Waals surface area contributed by atoms with Gasteiger partial charge in [-0.3, -0.25) is 19.3 Å². The van der Waals surface area contributed by atoms with Crippen molar-refractivity contribution in [3.8, 4) is 22.1 Å². The molecule has 4 aliphatic heterocycles. The molecule has 1 atom stereocenters. The van der Waals surface area contributed by atoms with Crippen LogP contribution in [-0.2, 0) is 9.53 Å². The first-order valence-corrected chi connectivity index (χ1v) is 19.5. The molecule has 0 radical (unpaired) electrons. The minimum absolute atomic E-state index is 0.285. The van der Waals surface area contributed by atoms with Gasteiger partial charge in [-0.25, -0.2) is 4.98 Å². The molecule has 12 heteroatoms. The molecular weight excluding hydrogens is 691 g/mol. The van der Waals surface area contributed by atoms with Crippen LogP contribution in [0.2, 0.25) is 0 Å². The summed E-state index contributed by atoms with van der Waals surface area (Å²) in [6, 6.07) is 18.9. The van der Waals surface area contributed by atoms with Crippen LogP contribution in [0.1, 0.15) is 65.7 Å². The van der Waals surface area contributed by atoms with Crippen LogP contribution in [0.5, 0.6) is 11.5 Å². The van der Waals surface area contributed by atoms with Gasteiger partial charge in [0.2, 0.25) is 5.91 Å². The maximum atomic E-state index is 13.1. The molecule has 0 saturated carbocycles. The Morgan fingerprint density at radius 1 is 0.868 bits per heavy atom. The fourth-order valence-corrected chi connectivity index (χ4v) is 8.67. The molecule has 1 unspecified atom stereocenters. The molecule has 5 heterocycles. The van der Waals surface area contributed by atoms with E-state index in [1.807, 2.05) is 18.2 Å². The second kappa shape index (κ2) is 15.3. The first-order valence-electron chi connectivity index (χ1n) is 18.6. The number of piperidine rings is 2. The summed E-state index contributed by atoms with van der Waals surface area (Å²) in [6.07, 6.45) is 6.71. The summed E-state index contributed by atoms with van der Waals surface area (Å²) in [5.74, 6) is 0.164. The summed E-state index contributed by atoms with van der Waals surface area (Å²) in [5, 5.41) is 3.68. The number of nitrogens with zero attached hydrogens (tertiary/aromatic N) is 4. The first kappa shape index (κ1) is 35.3. The van der Waals surface area contributed by atoms with Crippen LogP contribution in [0.4, 0.5) is 5.69 Å². The van der Waals surface area contributed by atoms with Crippen molar-refractivity contribution in [1.29, 1.82) is 0 Å². The number of benzene rings is 3. The number of nitrogens with one attached hydrogen (secondary N) is 1. The zero-order valence-corrected chi connectivity index (χ0v) is 30.9. The van der Waals surface area contributed by atoms with Gasteiger partial charge in [-0.15, -0.1) is 11.3 Å². The fraction of sp³-hybridized carbons (Fsp3) is 0.415. The highest BCUT2D eigenvalue weighted by molar-refractivity contribution is 7.21. The molecule has 3 amide bonds. The number of amides is 3. The van der Waals surface area contributed by atoms with Gasteiger partial charge in [0.05, 0.1) is 47.3 Å². The number of thiazole rings is 1. The minimum atomic E-state index is -0.816. The smallest absolute Gasteiger partial charge is 0.262 e. The number of imide groups is 1. The van der Waals surface area contributed by atoms with Crippen molar-refractivity contribution in [2.75, 3.05) is 51.3 Å². The van der Waals surface area contributed by atoms with E-state index in [0.717, 1.165) is 96.3 Å². The van der Waals surface area contributed by atoms with Crippen molar-refractivity contribution >= 4 is 45.0 Å². The second-order valence-electron chi connectivity index (χ2n) is 14.3. The molecule has 3 saturated heterocycles. The summed E-state index contributed by atoms with van der Waals surface area (Å²) in [4.78, 5) is 49.4. The molecule has 1 aromatic heterocycles. The van der Waals surface area contributed by atoms with Crippen LogP contribution in [0.15, 0.2) is 72.9 Å². The predicted molar refractivity (Wildman–Crippen MR) is 205 cm³/mol. The highest BCUT2D eigenvalue weighted by Gasteiger charge is 2.44. The number of methoxy groups -OCH3 is 1. The zero-order valence-electron chi connectivity index (χ0n) is 30.1. The lowest BCUT2D eigenvalue weighted by Crippen LogP contribution is -2.54. The summed E-state index contributed by atoms with van der Waals surface area (Å²) in [7, 11) is 1.69. The SMILES string of the molecule is C=C1CCC(N2C(=O)c3ccc(OCCCCCN4CCC(OC5CN(c6ccc(-c7nc8ccc(OC)cc8s7)cc6)C5)CC4)cc3C2=O)C(=O)N1. The summed E-state index contributed by atoms with van der Waals surface area (Å²) >= 11 is 1.69. The van der Waals surface area contributed by atoms with E-state index in [-0.39, 0.29) is 12.0 Å². The molecule has 53 heavy (non-hydrogen) atoms. The fourth-order valence-electron chi connectivity index (χ4n) is 7.67. The van der Waals surface area contributed by atoms with Gasteiger partial charge in [-0.1, -0.05) is 6.58 Å². The minimum Gasteiger partial charge on any atom is -0.497 e. The van der Waals surface area contributed by atoms with Gasteiger partial charge in [0, 0.05) is 43.1 Å². The molecule has 4 aliphatic rings. The van der Waals surface area contributed by atoms with Gasteiger partial charge in [-0.05, 0) is 112 Å². The number of carbonyl (C=O) groups is 3. The first-order chi connectivity index (χ1) is 25.8. The van der Waals surface area contributed by atoms with Crippen LogP contribution < -0.4 is 19.7 Å². The van der Waals surface area contributed by atoms with Crippen molar-refractivity contribution in [2.24, 2.45) is 0 Å². The Hall–Kier alpha value is -4.78. The quantitative estimate of drug-likeness (QED) is 0.125. The lowest BCUT2D eigenvalue weighted by Gasteiger charge is -2.43. The normalized spacial score (nSPS) is 19.8. The Morgan fingerprint density at radius 3 is 2.42 bits per heavy atom. The molecule has 276 valence electrons. The van der Waals surface area contributed by atoms with Gasteiger partial charge < -0.3 is 29.3 Å². The number of allylic oxidation sites excluding steroid dienone is 1. The van der Waals surface area contributed by atoms with E-state index in [4.69, 9.17) is 19.2 Å². The predicted octanol–water partition coefficient (Wildman–Crippen LogP) is 6.28.